The van der Waals surface area contributed by atoms with Crippen LogP contribution in [0.15, 0.2) is 42.5 Å². The first kappa shape index (κ1) is 21.1. The first-order valence-corrected chi connectivity index (χ1v) is 9.69. The van der Waals surface area contributed by atoms with E-state index in [9.17, 15) is 17.6 Å². The smallest absolute Gasteiger partial charge is 0.416 e. The number of ether oxygens (including phenoxy) is 2. The standard InChI is InChI=1S/C21H19F4NO2S/c1-4-17(28-18-11-15(27-3)9-10-16(18)22)19-12(2)26-20(29-19)13-5-7-14(8-6-13)21(23,24)25/h5-11,17H,4H2,1-3H3. The van der Waals surface area contributed by atoms with Crippen molar-refractivity contribution in [1.29, 1.82) is 0 Å². The Hall–Kier alpha value is -2.61. The number of nitrogens with zero attached hydrogens (tertiary/aromatic N) is 1. The number of hydrogen-bond acceptors (Lipinski definition) is 4. The van der Waals surface area contributed by atoms with Crippen LogP contribution in [0.2, 0.25) is 0 Å². The number of hydrogen-bond donors (Lipinski definition) is 0. The maximum atomic E-state index is 14.1. The number of benzene rings is 2. The van der Waals surface area contributed by atoms with Crippen molar-refractivity contribution < 1.29 is 27.0 Å². The maximum absolute atomic E-state index is 14.1. The topological polar surface area (TPSA) is 31.4 Å². The van der Waals surface area contributed by atoms with Crippen molar-refractivity contribution in [3.63, 3.8) is 0 Å². The Morgan fingerprint density at radius 2 is 1.79 bits per heavy atom. The molecule has 8 heteroatoms. The number of rotatable bonds is 6. The molecule has 0 saturated heterocycles. The Kier molecular flexibility index (Phi) is 6.12. The van der Waals surface area contributed by atoms with E-state index in [0.29, 0.717) is 28.4 Å². The summed E-state index contributed by atoms with van der Waals surface area (Å²) in [7, 11) is 1.48. The highest BCUT2D eigenvalue weighted by molar-refractivity contribution is 7.15. The van der Waals surface area contributed by atoms with E-state index in [2.05, 4.69) is 4.98 Å². The molecule has 0 radical (unpaired) electrons. The molecule has 3 nitrogen and oxygen atoms in total. The fourth-order valence-electron chi connectivity index (χ4n) is 2.81. The van der Waals surface area contributed by atoms with Gasteiger partial charge in [-0.2, -0.15) is 13.2 Å². The predicted molar refractivity (Wildman–Crippen MR) is 104 cm³/mol. The Labute approximate surface area is 169 Å². The van der Waals surface area contributed by atoms with Gasteiger partial charge in [-0.05, 0) is 37.6 Å². The van der Waals surface area contributed by atoms with E-state index < -0.39 is 23.7 Å². The van der Waals surface area contributed by atoms with Gasteiger partial charge < -0.3 is 9.47 Å². The second kappa shape index (κ2) is 8.41. The average molecular weight is 425 g/mol. The zero-order valence-electron chi connectivity index (χ0n) is 16.0. The lowest BCUT2D eigenvalue weighted by atomic mass is 10.1. The molecular weight excluding hydrogens is 406 g/mol. The minimum atomic E-state index is -4.38. The van der Waals surface area contributed by atoms with E-state index in [1.165, 1.54) is 48.8 Å². The summed E-state index contributed by atoms with van der Waals surface area (Å²) in [5.41, 5.74) is 0.567. The third-order valence-electron chi connectivity index (χ3n) is 4.36. The molecule has 0 N–H and O–H groups in total. The fourth-order valence-corrected chi connectivity index (χ4v) is 3.99. The van der Waals surface area contributed by atoms with Crippen molar-refractivity contribution in [2.45, 2.75) is 32.5 Å². The highest BCUT2D eigenvalue weighted by Crippen LogP contribution is 2.38. The van der Waals surface area contributed by atoms with Crippen molar-refractivity contribution in [1.82, 2.24) is 4.98 Å². The van der Waals surface area contributed by atoms with Gasteiger partial charge in [-0.15, -0.1) is 11.3 Å². The van der Waals surface area contributed by atoms with Crippen LogP contribution in [0.4, 0.5) is 17.6 Å². The molecule has 0 aliphatic heterocycles. The van der Waals surface area contributed by atoms with E-state index in [4.69, 9.17) is 9.47 Å². The molecule has 0 spiro atoms. The third-order valence-corrected chi connectivity index (χ3v) is 5.66. The van der Waals surface area contributed by atoms with Gasteiger partial charge in [-0.3, -0.25) is 0 Å². The fraction of sp³-hybridized carbons (Fsp3) is 0.286. The molecule has 1 unspecified atom stereocenters. The van der Waals surface area contributed by atoms with Gasteiger partial charge >= 0.3 is 6.18 Å². The number of aromatic nitrogens is 1. The number of thiazole rings is 1. The summed E-state index contributed by atoms with van der Waals surface area (Å²) in [6.07, 6.45) is -4.27. The van der Waals surface area contributed by atoms with Crippen LogP contribution in [0.25, 0.3) is 10.6 Å². The summed E-state index contributed by atoms with van der Waals surface area (Å²) in [5.74, 6) is 0.0391. The van der Waals surface area contributed by atoms with Crippen molar-refractivity contribution >= 4 is 11.3 Å². The molecule has 154 valence electrons. The van der Waals surface area contributed by atoms with E-state index >= 15 is 0 Å². The maximum Gasteiger partial charge on any atom is 0.416 e. The second-order valence-electron chi connectivity index (χ2n) is 6.35. The van der Waals surface area contributed by atoms with Crippen molar-refractivity contribution in [3.8, 4) is 22.1 Å². The van der Waals surface area contributed by atoms with Crippen molar-refractivity contribution in [2.75, 3.05) is 7.11 Å². The number of aryl methyl sites for hydroxylation is 1. The zero-order valence-corrected chi connectivity index (χ0v) is 16.8. The van der Waals surface area contributed by atoms with E-state index in [-0.39, 0.29) is 5.75 Å². The SMILES string of the molecule is CCC(Oc1cc(OC)ccc1F)c1sc(-c2ccc(C(F)(F)F)cc2)nc1C. The minimum Gasteiger partial charge on any atom is -0.497 e. The predicted octanol–water partition coefficient (Wildman–Crippen LogP) is 6.82. The third kappa shape index (κ3) is 4.70. The Morgan fingerprint density at radius 3 is 2.38 bits per heavy atom. The number of methoxy groups -OCH3 is 1. The Morgan fingerprint density at radius 1 is 1.10 bits per heavy atom. The molecule has 0 saturated carbocycles. The molecule has 1 aromatic heterocycles. The van der Waals surface area contributed by atoms with Gasteiger partial charge in [0.1, 0.15) is 16.9 Å². The van der Waals surface area contributed by atoms with Crippen LogP contribution in [0.5, 0.6) is 11.5 Å². The van der Waals surface area contributed by atoms with Crippen LogP contribution in [0.1, 0.15) is 35.6 Å². The Balaban J connectivity index is 1.88. The number of alkyl halides is 3. The van der Waals surface area contributed by atoms with E-state index in [0.717, 1.165) is 17.0 Å². The van der Waals surface area contributed by atoms with Crippen LogP contribution in [-0.4, -0.2) is 12.1 Å². The quantitative estimate of drug-likeness (QED) is 0.406. The minimum absolute atomic E-state index is 0.0695. The average Bonchev–Trinajstić information content (AvgIpc) is 3.08. The van der Waals surface area contributed by atoms with Gasteiger partial charge in [-0.25, -0.2) is 9.37 Å². The molecule has 0 fully saturated rings. The largest absolute Gasteiger partial charge is 0.497 e. The van der Waals surface area contributed by atoms with Crippen LogP contribution < -0.4 is 9.47 Å². The lowest BCUT2D eigenvalue weighted by Gasteiger charge is -2.17. The lowest BCUT2D eigenvalue weighted by molar-refractivity contribution is -0.137. The summed E-state index contributed by atoms with van der Waals surface area (Å²) in [5, 5.41) is 0.583. The summed E-state index contributed by atoms with van der Waals surface area (Å²) in [6, 6.07) is 9.11. The van der Waals surface area contributed by atoms with Gasteiger partial charge in [0.05, 0.1) is 23.2 Å². The summed E-state index contributed by atoms with van der Waals surface area (Å²) in [6.45, 7) is 3.70. The summed E-state index contributed by atoms with van der Waals surface area (Å²) >= 11 is 1.32. The van der Waals surface area contributed by atoms with Gasteiger partial charge in [0.25, 0.3) is 0 Å². The lowest BCUT2D eigenvalue weighted by Crippen LogP contribution is -2.07. The normalized spacial score (nSPS) is 12.7. The highest BCUT2D eigenvalue weighted by Gasteiger charge is 2.30. The molecule has 0 aliphatic rings. The molecule has 3 aromatic rings. The van der Waals surface area contributed by atoms with E-state index in [1.54, 1.807) is 6.92 Å². The molecular formula is C21H19F4NO2S. The molecule has 0 aliphatic carbocycles. The van der Waals surface area contributed by atoms with Gasteiger partial charge in [-0.1, -0.05) is 19.1 Å². The first-order valence-electron chi connectivity index (χ1n) is 8.88. The van der Waals surface area contributed by atoms with Crippen LogP contribution in [0.3, 0.4) is 0 Å². The second-order valence-corrected chi connectivity index (χ2v) is 7.39. The number of halogens is 4. The van der Waals surface area contributed by atoms with Crippen LogP contribution in [-0.2, 0) is 6.18 Å². The van der Waals surface area contributed by atoms with Gasteiger partial charge in [0, 0.05) is 11.6 Å². The summed E-state index contributed by atoms with van der Waals surface area (Å²) in [4.78, 5) is 5.27. The van der Waals surface area contributed by atoms with Gasteiger partial charge in [0.2, 0.25) is 0 Å². The monoisotopic (exact) mass is 425 g/mol. The molecule has 0 bridgehead atoms. The zero-order chi connectivity index (χ0) is 21.2. The van der Waals surface area contributed by atoms with E-state index in [1.807, 2.05) is 6.92 Å². The molecule has 1 heterocycles. The Bertz CT molecular complexity index is 983. The molecule has 1 atom stereocenters. The first-order chi connectivity index (χ1) is 13.7. The van der Waals surface area contributed by atoms with Gasteiger partial charge in [0.15, 0.2) is 11.6 Å². The van der Waals surface area contributed by atoms with Crippen molar-refractivity contribution in [2.24, 2.45) is 0 Å². The van der Waals surface area contributed by atoms with Crippen molar-refractivity contribution in [3.05, 3.63) is 64.4 Å². The highest BCUT2D eigenvalue weighted by atomic mass is 32.1. The molecule has 3 rings (SSSR count). The summed E-state index contributed by atoms with van der Waals surface area (Å²) < 4.78 is 63.4. The molecule has 2 aromatic carbocycles. The molecule has 29 heavy (non-hydrogen) atoms. The van der Waals surface area contributed by atoms with Crippen LogP contribution in [0, 0.1) is 12.7 Å². The van der Waals surface area contributed by atoms with Crippen LogP contribution >= 0.6 is 11.3 Å². The molecule has 0 amide bonds.